The lowest BCUT2D eigenvalue weighted by Gasteiger charge is -2.04. The maximum absolute atomic E-state index is 11.3. The van der Waals surface area contributed by atoms with Crippen LogP contribution in [0.5, 0.6) is 0 Å². The number of fused-ring (bicyclic) bond motifs is 1. The number of ether oxygens (including phenoxy) is 1. The van der Waals surface area contributed by atoms with Gasteiger partial charge in [0.2, 0.25) is 0 Å². The molecule has 0 atom stereocenters. The molecule has 0 bridgehead atoms. The number of carbonyl (C=O) groups excluding carboxylic acids is 2. The molecule has 0 radical (unpaired) electrons. The third-order valence-corrected chi connectivity index (χ3v) is 4.07. The van der Waals surface area contributed by atoms with Gasteiger partial charge in [0.05, 0.1) is 11.1 Å². The Labute approximate surface area is 106 Å². The summed E-state index contributed by atoms with van der Waals surface area (Å²) >= 11 is 0. The molecular formula is C8H4O9S2. The Kier molecular flexibility index (Phi) is 2.75. The number of cyclic esters (lactones) is 2. The molecule has 9 nitrogen and oxygen atoms in total. The zero-order valence-corrected chi connectivity index (χ0v) is 10.4. The van der Waals surface area contributed by atoms with Crippen molar-refractivity contribution in [2.75, 3.05) is 0 Å². The van der Waals surface area contributed by atoms with Crippen molar-refractivity contribution in [1.29, 1.82) is 0 Å². The molecule has 0 fully saturated rings. The maximum Gasteiger partial charge on any atom is 0.348 e. The Balaban J connectivity index is 2.99. The van der Waals surface area contributed by atoms with Crippen LogP contribution in [0.1, 0.15) is 20.7 Å². The molecule has 0 saturated carbocycles. The molecule has 0 unspecified atom stereocenters. The van der Waals surface area contributed by atoms with Gasteiger partial charge in [-0.05, 0) is 12.1 Å². The van der Waals surface area contributed by atoms with E-state index in [0.717, 1.165) is 0 Å². The lowest BCUT2D eigenvalue weighted by atomic mass is 10.1. The standard InChI is InChI=1S/C8H4O9S2/c9-7-5-3(18(11,12)13)1-2-4(19(14,15)16)6(5)8(10)17-7/h1-2H,(H,11,12,13)(H,14,15,16). The van der Waals surface area contributed by atoms with Crippen molar-refractivity contribution in [1.82, 2.24) is 0 Å². The van der Waals surface area contributed by atoms with Crippen molar-refractivity contribution >= 4 is 32.2 Å². The smallest absolute Gasteiger partial charge is 0.348 e. The summed E-state index contributed by atoms with van der Waals surface area (Å²) in [5, 5.41) is 0. The fourth-order valence-corrected chi connectivity index (χ4v) is 2.95. The Hall–Kier alpha value is -1.82. The number of carbonyl (C=O) groups is 2. The van der Waals surface area contributed by atoms with E-state index < -0.39 is 53.1 Å². The van der Waals surface area contributed by atoms with Gasteiger partial charge in [0.25, 0.3) is 20.2 Å². The molecule has 0 amide bonds. The molecule has 0 aliphatic carbocycles. The van der Waals surface area contributed by atoms with Crippen LogP contribution >= 0.6 is 0 Å². The van der Waals surface area contributed by atoms with Gasteiger partial charge in [0.15, 0.2) is 0 Å². The first-order valence-corrected chi connectivity index (χ1v) is 7.30. The van der Waals surface area contributed by atoms with E-state index in [9.17, 15) is 26.4 Å². The highest BCUT2D eigenvalue weighted by atomic mass is 32.2. The molecule has 102 valence electrons. The third-order valence-electron chi connectivity index (χ3n) is 2.28. The van der Waals surface area contributed by atoms with Gasteiger partial charge in [0, 0.05) is 0 Å². The van der Waals surface area contributed by atoms with E-state index in [4.69, 9.17) is 9.11 Å². The summed E-state index contributed by atoms with van der Waals surface area (Å²) in [5.41, 5.74) is -1.86. The van der Waals surface area contributed by atoms with E-state index in [-0.39, 0.29) is 0 Å². The van der Waals surface area contributed by atoms with E-state index in [1.807, 2.05) is 0 Å². The zero-order valence-electron chi connectivity index (χ0n) is 8.72. The summed E-state index contributed by atoms with van der Waals surface area (Å²) in [6.45, 7) is 0. The van der Waals surface area contributed by atoms with Gasteiger partial charge in [-0.3, -0.25) is 9.11 Å². The van der Waals surface area contributed by atoms with Crippen molar-refractivity contribution in [2.45, 2.75) is 9.79 Å². The Bertz CT molecular complexity index is 747. The minimum atomic E-state index is -4.88. The molecule has 0 spiro atoms. The molecule has 0 saturated heterocycles. The van der Waals surface area contributed by atoms with Gasteiger partial charge in [0.1, 0.15) is 9.79 Å². The van der Waals surface area contributed by atoms with Crippen LogP contribution in [0, 0.1) is 0 Å². The van der Waals surface area contributed by atoms with E-state index in [1.54, 1.807) is 0 Å². The predicted molar refractivity (Wildman–Crippen MR) is 55.8 cm³/mol. The first-order valence-electron chi connectivity index (χ1n) is 4.42. The van der Waals surface area contributed by atoms with Crippen LogP contribution in [0.3, 0.4) is 0 Å². The Morgan fingerprint density at radius 2 is 1.11 bits per heavy atom. The zero-order chi connectivity index (χ0) is 14.6. The Morgan fingerprint density at radius 3 is 1.37 bits per heavy atom. The van der Waals surface area contributed by atoms with Gasteiger partial charge >= 0.3 is 11.9 Å². The number of benzene rings is 1. The monoisotopic (exact) mass is 308 g/mol. The largest absolute Gasteiger partial charge is 0.386 e. The molecule has 2 N–H and O–H groups in total. The van der Waals surface area contributed by atoms with Crippen molar-refractivity contribution in [3.8, 4) is 0 Å². The number of hydrogen-bond donors (Lipinski definition) is 2. The first-order chi connectivity index (χ1) is 8.53. The number of hydrogen-bond acceptors (Lipinski definition) is 7. The number of esters is 2. The van der Waals surface area contributed by atoms with Gasteiger partial charge in [-0.25, -0.2) is 9.59 Å². The van der Waals surface area contributed by atoms with Crippen LogP contribution in [0.25, 0.3) is 0 Å². The van der Waals surface area contributed by atoms with Gasteiger partial charge in [-0.1, -0.05) is 0 Å². The van der Waals surface area contributed by atoms with Gasteiger partial charge in [-0.15, -0.1) is 0 Å². The highest BCUT2D eigenvalue weighted by Gasteiger charge is 2.40. The molecule has 1 aromatic rings. The van der Waals surface area contributed by atoms with E-state index in [2.05, 4.69) is 4.74 Å². The highest BCUT2D eigenvalue weighted by Crippen LogP contribution is 2.31. The normalized spacial score (nSPS) is 15.3. The van der Waals surface area contributed by atoms with Crippen molar-refractivity contribution in [3.63, 3.8) is 0 Å². The van der Waals surface area contributed by atoms with Crippen molar-refractivity contribution in [3.05, 3.63) is 23.3 Å². The summed E-state index contributed by atoms with van der Waals surface area (Å²) in [6.07, 6.45) is 0. The molecule has 11 heteroatoms. The molecule has 1 aliphatic rings. The summed E-state index contributed by atoms with van der Waals surface area (Å²) in [6, 6.07) is 1.13. The average molecular weight is 308 g/mol. The minimum Gasteiger partial charge on any atom is -0.386 e. The molecule has 1 aromatic carbocycles. The van der Waals surface area contributed by atoms with E-state index in [0.29, 0.717) is 12.1 Å². The fourth-order valence-electron chi connectivity index (χ4n) is 1.59. The second-order valence-corrected chi connectivity index (χ2v) is 6.22. The van der Waals surface area contributed by atoms with E-state index in [1.165, 1.54) is 0 Å². The maximum atomic E-state index is 11.3. The average Bonchev–Trinajstić information content (AvgIpc) is 2.51. The third kappa shape index (κ3) is 2.12. The van der Waals surface area contributed by atoms with Gasteiger partial charge < -0.3 is 4.74 Å². The fraction of sp³-hybridized carbons (Fsp3) is 0. The van der Waals surface area contributed by atoms with Crippen LogP contribution in [-0.2, 0) is 25.0 Å². The second kappa shape index (κ2) is 3.84. The van der Waals surface area contributed by atoms with Crippen LogP contribution in [0.15, 0.2) is 21.9 Å². The minimum absolute atomic E-state index is 0.567. The molecular weight excluding hydrogens is 304 g/mol. The lowest BCUT2D eigenvalue weighted by molar-refractivity contribution is 0.0440. The van der Waals surface area contributed by atoms with Gasteiger partial charge in [-0.2, -0.15) is 16.8 Å². The lowest BCUT2D eigenvalue weighted by Crippen LogP contribution is -2.11. The summed E-state index contributed by atoms with van der Waals surface area (Å²) in [4.78, 5) is 20.7. The van der Waals surface area contributed by atoms with Crippen molar-refractivity contribution < 1.29 is 40.3 Å². The van der Waals surface area contributed by atoms with Crippen LogP contribution < -0.4 is 0 Å². The molecule has 1 aliphatic heterocycles. The first kappa shape index (κ1) is 13.6. The summed E-state index contributed by atoms with van der Waals surface area (Å²) < 4.78 is 66.0. The molecule has 19 heavy (non-hydrogen) atoms. The highest BCUT2D eigenvalue weighted by molar-refractivity contribution is 7.86. The van der Waals surface area contributed by atoms with Crippen LogP contribution in [0.4, 0.5) is 0 Å². The van der Waals surface area contributed by atoms with Crippen LogP contribution in [-0.4, -0.2) is 37.9 Å². The molecule has 2 rings (SSSR count). The quantitative estimate of drug-likeness (QED) is 0.418. The summed E-state index contributed by atoms with van der Waals surface area (Å²) in [5.74, 6) is -2.86. The van der Waals surface area contributed by atoms with Crippen LogP contribution in [0.2, 0.25) is 0 Å². The number of rotatable bonds is 2. The van der Waals surface area contributed by atoms with Crippen molar-refractivity contribution in [2.24, 2.45) is 0 Å². The summed E-state index contributed by atoms with van der Waals surface area (Å²) in [7, 11) is -9.75. The SMILES string of the molecule is O=C1OC(=O)c2c(S(=O)(=O)O)ccc(S(=O)(=O)O)c21. The predicted octanol–water partition coefficient (Wildman–Crippen LogP) is -0.509. The van der Waals surface area contributed by atoms with E-state index >= 15 is 0 Å². The molecule has 0 aromatic heterocycles. The topological polar surface area (TPSA) is 152 Å². The molecule has 1 heterocycles. The Morgan fingerprint density at radius 1 is 0.789 bits per heavy atom. The second-order valence-electron chi connectivity index (χ2n) is 3.44.